The second-order valence-electron chi connectivity index (χ2n) is 6.84. The van der Waals surface area contributed by atoms with E-state index in [9.17, 15) is 4.79 Å². The van der Waals surface area contributed by atoms with E-state index < -0.39 is 0 Å². The summed E-state index contributed by atoms with van der Waals surface area (Å²) < 4.78 is 11.0. The van der Waals surface area contributed by atoms with E-state index in [1.54, 1.807) is 31.4 Å². The number of aromatic nitrogens is 2. The number of carbonyl (C=O) groups excluding carboxylic acids is 1. The molecule has 6 nitrogen and oxygen atoms in total. The van der Waals surface area contributed by atoms with E-state index in [0.717, 1.165) is 28.0 Å². The Morgan fingerprint density at radius 3 is 2.50 bits per heavy atom. The normalized spacial score (nSPS) is 10.6. The minimum atomic E-state index is -0.157. The first-order valence-corrected chi connectivity index (χ1v) is 9.55. The van der Waals surface area contributed by atoms with Crippen LogP contribution in [0.5, 0.6) is 5.75 Å². The summed E-state index contributed by atoms with van der Waals surface area (Å²) in [6, 6.07) is 22.5. The number of nitrogens with one attached hydrogen (secondary N) is 1. The molecule has 0 fully saturated rings. The summed E-state index contributed by atoms with van der Waals surface area (Å²) in [5.74, 6) is 1.49. The van der Waals surface area contributed by atoms with Crippen LogP contribution < -0.4 is 10.1 Å². The van der Waals surface area contributed by atoms with Crippen LogP contribution in [0.3, 0.4) is 0 Å². The van der Waals surface area contributed by atoms with Crippen molar-refractivity contribution in [1.29, 1.82) is 0 Å². The molecule has 0 atom stereocenters. The molecule has 0 radical (unpaired) electrons. The Morgan fingerprint density at radius 1 is 0.967 bits per heavy atom. The smallest absolute Gasteiger partial charge is 0.251 e. The third kappa shape index (κ3) is 4.22. The van der Waals surface area contributed by atoms with E-state index in [4.69, 9.17) is 9.15 Å². The lowest BCUT2D eigenvalue weighted by Crippen LogP contribution is -2.22. The van der Waals surface area contributed by atoms with Gasteiger partial charge in [-0.1, -0.05) is 30.3 Å². The fourth-order valence-electron chi connectivity index (χ4n) is 3.09. The number of rotatable bonds is 6. The number of ether oxygens (including phenoxy) is 1. The number of nitrogens with zero attached hydrogens (tertiary/aromatic N) is 2. The lowest BCUT2D eigenvalue weighted by molar-refractivity contribution is 0.0951. The second-order valence-corrected chi connectivity index (χ2v) is 6.84. The predicted molar refractivity (Wildman–Crippen MR) is 114 cm³/mol. The van der Waals surface area contributed by atoms with Gasteiger partial charge in [-0.05, 0) is 60.5 Å². The van der Waals surface area contributed by atoms with Crippen LogP contribution in [0.1, 0.15) is 21.5 Å². The standard InChI is InChI=1S/C24H21N3O3/c1-16-6-3-4-9-21(16)24-27-26-23(30-24)19-12-10-18(11-13-19)22(28)25-15-17-7-5-8-20(14-17)29-2/h3-14H,15H2,1-2H3,(H,25,28). The van der Waals surface area contributed by atoms with Crippen molar-refractivity contribution in [2.45, 2.75) is 13.5 Å². The molecule has 0 spiro atoms. The molecule has 3 aromatic carbocycles. The summed E-state index contributed by atoms with van der Waals surface area (Å²) >= 11 is 0. The Bertz CT molecular complexity index is 1170. The zero-order valence-electron chi connectivity index (χ0n) is 16.8. The van der Waals surface area contributed by atoms with Gasteiger partial charge in [0.25, 0.3) is 5.91 Å². The zero-order valence-corrected chi connectivity index (χ0v) is 16.8. The zero-order chi connectivity index (χ0) is 20.9. The maximum Gasteiger partial charge on any atom is 0.251 e. The van der Waals surface area contributed by atoms with Gasteiger partial charge in [-0.2, -0.15) is 0 Å². The van der Waals surface area contributed by atoms with Crippen LogP contribution in [0.25, 0.3) is 22.9 Å². The number of amides is 1. The molecule has 0 aliphatic heterocycles. The van der Waals surface area contributed by atoms with Crippen LogP contribution in [0.4, 0.5) is 0 Å². The minimum absolute atomic E-state index is 0.157. The van der Waals surface area contributed by atoms with Crippen molar-refractivity contribution < 1.29 is 13.9 Å². The van der Waals surface area contributed by atoms with E-state index in [-0.39, 0.29) is 5.91 Å². The lowest BCUT2D eigenvalue weighted by atomic mass is 10.1. The number of methoxy groups -OCH3 is 1. The van der Waals surface area contributed by atoms with E-state index in [1.165, 1.54) is 0 Å². The maximum atomic E-state index is 12.5. The highest BCUT2D eigenvalue weighted by molar-refractivity contribution is 5.94. The molecule has 6 heteroatoms. The van der Waals surface area contributed by atoms with Crippen LogP contribution in [0.2, 0.25) is 0 Å². The Kier molecular flexibility index (Phi) is 5.57. The van der Waals surface area contributed by atoms with E-state index in [1.807, 2.05) is 55.5 Å². The Hall–Kier alpha value is -3.93. The van der Waals surface area contributed by atoms with Crippen LogP contribution >= 0.6 is 0 Å². The Balaban J connectivity index is 1.44. The van der Waals surface area contributed by atoms with Gasteiger partial charge in [0, 0.05) is 23.2 Å². The van der Waals surface area contributed by atoms with Crippen molar-refractivity contribution in [3.05, 3.63) is 89.5 Å². The highest BCUT2D eigenvalue weighted by Gasteiger charge is 2.13. The van der Waals surface area contributed by atoms with Crippen molar-refractivity contribution >= 4 is 5.91 Å². The van der Waals surface area contributed by atoms with Crippen LogP contribution in [0, 0.1) is 6.92 Å². The Labute approximate surface area is 174 Å². The molecule has 1 heterocycles. The molecular formula is C24H21N3O3. The molecule has 4 aromatic rings. The second kappa shape index (κ2) is 8.61. The van der Waals surface area contributed by atoms with Gasteiger partial charge in [0.05, 0.1) is 7.11 Å². The lowest BCUT2D eigenvalue weighted by Gasteiger charge is -2.07. The molecule has 150 valence electrons. The topological polar surface area (TPSA) is 77.2 Å². The maximum absolute atomic E-state index is 12.5. The van der Waals surface area contributed by atoms with Crippen LogP contribution in [0.15, 0.2) is 77.2 Å². The van der Waals surface area contributed by atoms with Crippen molar-refractivity contribution in [3.8, 4) is 28.7 Å². The summed E-state index contributed by atoms with van der Waals surface area (Å²) in [5, 5.41) is 11.2. The minimum Gasteiger partial charge on any atom is -0.497 e. The molecule has 1 amide bonds. The van der Waals surface area contributed by atoms with Gasteiger partial charge < -0.3 is 14.5 Å². The molecule has 0 saturated carbocycles. The average molecular weight is 399 g/mol. The summed E-state index contributed by atoms with van der Waals surface area (Å²) in [4.78, 5) is 12.5. The first-order chi connectivity index (χ1) is 14.6. The molecule has 30 heavy (non-hydrogen) atoms. The van der Waals surface area contributed by atoms with Gasteiger partial charge in [0.2, 0.25) is 11.8 Å². The molecule has 0 aliphatic carbocycles. The number of hydrogen-bond acceptors (Lipinski definition) is 5. The summed E-state index contributed by atoms with van der Waals surface area (Å²) in [5.41, 5.74) is 4.25. The van der Waals surface area contributed by atoms with Crippen molar-refractivity contribution in [1.82, 2.24) is 15.5 Å². The number of benzene rings is 3. The molecular weight excluding hydrogens is 378 g/mol. The van der Waals surface area contributed by atoms with Gasteiger partial charge in [0.1, 0.15) is 5.75 Å². The molecule has 1 N–H and O–H groups in total. The molecule has 1 aromatic heterocycles. The third-order valence-electron chi connectivity index (χ3n) is 4.78. The van der Waals surface area contributed by atoms with Gasteiger partial charge in [0.15, 0.2) is 0 Å². The van der Waals surface area contributed by atoms with Gasteiger partial charge >= 0.3 is 0 Å². The van der Waals surface area contributed by atoms with E-state index >= 15 is 0 Å². The summed E-state index contributed by atoms with van der Waals surface area (Å²) in [7, 11) is 1.62. The summed E-state index contributed by atoms with van der Waals surface area (Å²) in [6.45, 7) is 2.42. The number of aryl methyl sites for hydroxylation is 1. The van der Waals surface area contributed by atoms with Crippen molar-refractivity contribution in [2.24, 2.45) is 0 Å². The number of hydrogen-bond donors (Lipinski definition) is 1. The van der Waals surface area contributed by atoms with E-state index in [0.29, 0.717) is 23.9 Å². The van der Waals surface area contributed by atoms with Gasteiger partial charge in [-0.15, -0.1) is 10.2 Å². The monoisotopic (exact) mass is 399 g/mol. The molecule has 0 saturated heterocycles. The highest BCUT2D eigenvalue weighted by atomic mass is 16.5. The molecule has 4 rings (SSSR count). The first-order valence-electron chi connectivity index (χ1n) is 9.55. The fraction of sp³-hybridized carbons (Fsp3) is 0.125. The fourth-order valence-corrected chi connectivity index (χ4v) is 3.09. The highest BCUT2D eigenvalue weighted by Crippen LogP contribution is 2.26. The van der Waals surface area contributed by atoms with Gasteiger partial charge in [-0.25, -0.2) is 0 Å². The van der Waals surface area contributed by atoms with Crippen LogP contribution in [-0.2, 0) is 6.54 Å². The van der Waals surface area contributed by atoms with E-state index in [2.05, 4.69) is 15.5 Å². The summed E-state index contributed by atoms with van der Waals surface area (Å²) in [6.07, 6.45) is 0. The predicted octanol–water partition coefficient (Wildman–Crippen LogP) is 4.65. The third-order valence-corrected chi connectivity index (χ3v) is 4.78. The Morgan fingerprint density at radius 2 is 1.73 bits per heavy atom. The molecule has 0 bridgehead atoms. The number of carbonyl (C=O) groups is 1. The van der Waals surface area contributed by atoms with Crippen molar-refractivity contribution in [3.63, 3.8) is 0 Å². The SMILES string of the molecule is COc1cccc(CNC(=O)c2ccc(-c3nnc(-c4ccccc4C)o3)cc2)c1. The van der Waals surface area contributed by atoms with Gasteiger partial charge in [-0.3, -0.25) is 4.79 Å². The van der Waals surface area contributed by atoms with Crippen molar-refractivity contribution in [2.75, 3.05) is 7.11 Å². The average Bonchev–Trinajstić information content (AvgIpc) is 3.28. The quantitative estimate of drug-likeness (QED) is 0.511. The molecule has 0 unspecified atom stereocenters. The van der Waals surface area contributed by atoms with Crippen LogP contribution in [-0.4, -0.2) is 23.2 Å². The largest absolute Gasteiger partial charge is 0.497 e. The molecule has 0 aliphatic rings. The first kappa shape index (κ1) is 19.4.